The van der Waals surface area contributed by atoms with Crippen LogP contribution in [0.5, 0.6) is 0 Å². The number of nitrogens with zero attached hydrogens (tertiary/aromatic N) is 1. The average Bonchev–Trinajstić information content (AvgIpc) is 2.49. The third-order valence-electron chi connectivity index (χ3n) is 3.33. The van der Waals surface area contributed by atoms with Gasteiger partial charge in [-0.2, -0.15) is 0 Å². The Kier molecular flexibility index (Phi) is 4.12. The molecule has 0 radical (unpaired) electrons. The molecular formula is C13H24N2O3. The summed E-state index contributed by atoms with van der Waals surface area (Å²) in [5, 5.41) is 3.46. The summed E-state index contributed by atoms with van der Waals surface area (Å²) < 4.78 is 11.2. The predicted octanol–water partition coefficient (Wildman–Crippen LogP) is 1.37. The second kappa shape index (κ2) is 5.45. The number of carbonyl (C=O) groups is 1. The van der Waals surface area contributed by atoms with Crippen molar-refractivity contribution in [2.45, 2.75) is 51.4 Å². The minimum atomic E-state index is -0.426. The Bertz CT molecular complexity index is 285. The van der Waals surface area contributed by atoms with E-state index < -0.39 is 5.60 Å². The van der Waals surface area contributed by atoms with E-state index >= 15 is 0 Å². The van der Waals surface area contributed by atoms with Crippen LogP contribution in [-0.2, 0) is 9.47 Å². The van der Waals surface area contributed by atoms with Crippen LogP contribution in [0, 0.1) is 0 Å². The number of likely N-dealkylation sites (tertiary alicyclic amines) is 1. The maximum atomic E-state index is 12.0. The predicted molar refractivity (Wildman–Crippen MR) is 68.6 cm³/mol. The number of amides is 1. The Morgan fingerprint density at radius 3 is 2.78 bits per heavy atom. The standard InChI is InChI=1S/C13H24N2O3/c1-13(2,3)18-12(16)15-7-4-10-11(5-8-15)17-9-6-14-10/h10-11,14H,4-9H2,1-3H3. The smallest absolute Gasteiger partial charge is 0.410 e. The Balaban J connectivity index is 1.90. The number of fused-ring (bicyclic) bond motifs is 1. The molecule has 104 valence electrons. The molecule has 0 aromatic carbocycles. The van der Waals surface area contributed by atoms with E-state index in [4.69, 9.17) is 9.47 Å². The molecule has 2 fully saturated rings. The molecule has 2 unspecified atom stereocenters. The molecule has 1 amide bonds. The fourth-order valence-corrected chi connectivity index (χ4v) is 2.47. The first-order valence-corrected chi connectivity index (χ1v) is 6.78. The van der Waals surface area contributed by atoms with Gasteiger partial charge in [0.05, 0.1) is 12.7 Å². The van der Waals surface area contributed by atoms with E-state index in [9.17, 15) is 4.79 Å². The minimum absolute atomic E-state index is 0.207. The summed E-state index contributed by atoms with van der Waals surface area (Å²) in [6, 6.07) is 0.381. The number of hydrogen-bond acceptors (Lipinski definition) is 4. The summed E-state index contributed by atoms with van der Waals surface area (Å²) in [6.07, 6.45) is 1.85. The Hall–Kier alpha value is -0.810. The second-order valence-corrected chi connectivity index (χ2v) is 6.01. The highest BCUT2D eigenvalue weighted by atomic mass is 16.6. The van der Waals surface area contributed by atoms with E-state index in [1.54, 1.807) is 4.90 Å². The fraction of sp³-hybridized carbons (Fsp3) is 0.923. The Morgan fingerprint density at radius 2 is 2.06 bits per heavy atom. The van der Waals surface area contributed by atoms with Gasteiger partial charge in [-0.05, 0) is 33.6 Å². The second-order valence-electron chi connectivity index (χ2n) is 6.01. The van der Waals surface area contributed by atoms with Gasteiger partial charge >= 0.3 is 6.09 Å². The van der Waals surface area contributed by atoms with Crippen LogP contribution in [0.4, 0.5) is 4.79 Å². The van der Waals surface area contributed by atoms with Crippen LogP contribution in [0.25, 0.3) is 0 Å². The summed E-state index contributed by atoms with van der Waals surface area (Å²) in [5.74, 6) is 0. The zero-order valence-corrected chi connectivity index (χ0v) is 11.6. The van der Waals surface area contributed by atoms with Crippen molar-refractivity contribution in [2.24, 2.45) is 0 Å². The number of carbonyl (C=O) groups excluding carboxylic acids is 1. The first-order chi connectivity index (χ1) is 8.46. The lowest BCUT2D eigenvalue weighted by molar-refractivity contribution is -0.00614. The van der Waals surface area contributed by atoms with Gasteiger partial charge in [0.1, 0.15) is 5.60 Å². The maximum absolute atomic E-state index is 12.0. The van der Waals surface area contributed by atoms with Crippen LogP contribution in [0.15, 0.2) is 0 Å². The average molecular weight is 256 g/mol. The number of rotatable bonds is 0. The quantitative estimate of drug-likeness (QED) is 0.711. The number of hydrogen-bond donors (Lipinski definition) is 1. The van der Waals surface area contributed by atoms with Crippen molar-refractivity contribution in [1.29, 1.82) is 0 Å². The van der Waals surface area contributed by atoms with Crippen molar-refractivity contribution in [3.63, 3.8) is 0 Å². The zero-order valence-electron chi connectivity index (χ0n) is 11.6. The van der Waals surface area contributed by atoms with Gasteiger partial charge in [-0.3, -0.25) is 0 Å². The molecule has 2 saturated heterocycles. The van der Waals surface area contributed by atoms with Crippen molar-refractivity contribution in [3.05, 3.63) is 0 Å². The highest BCUT2D eigenvalue weighted by molar-refractivity contribution is 5.68. The first-order valence-electron chi connectivity index (χ1n) is 6.78. The number of ether oxygens (including phenoxy) is 2. The van der Waals surface area contributed by atoms with Crippen molar-refractivity contribution < 1.29 is 14.3 Å². The SMILES string of the molecule is CC(C)(C)OC(=O)N1CCC2NCCOC2CC1. The molecule has 1 N–H and O–H groups in total. The lowest BCUT2D eigenvalue weighted by atomic mass is 10.1. The third kappa shape index (κ3) is 3.59. The van der Waals surface area contributed by atoms with Crippen LogP contribution < -0.4 is 5.32 Å². The molecule has 0 aliphatic carbocycles. The van der Waals surface area contributed by atoms with E-state index in [2.05, 4.69) is 5.32 Å². The van der Waals surface area contributed by atoms with Crippen LogP contribution in [0.3, 0.4) is 0 Å². The summed E-state index contributed by atoms with van der Waals surface area (Å²) in [4.78, 5) is 13.8. The largest absolute Gasteiger partial charge is 0.444 e. The molecule has 5 nitrogen and oxygen atoms in total. The molecule has 5 heteroatoms. The molecule has 2 atom stereocenters. The molecule has 2 rings (SSSR count). The van der Waals surface area contributed by atoms with Gasteiger partial charge < -0.3 is 19.7 Å². The molecule has 2 heterocycles. The lowest BCUT2D eigenvalue weighted by Gasteiger charge is -2.30. The number of nitrogens with one attached hydrogen (secondary N) is 1. The van der Waals surface area contributed by atoms with E-state index in [1.807, 2.05) is 20.8 Å². The van der Waals surface area contributed by atoms with E-state index in [0.717, 1.165) is 39.1 Å². The molecule has 0 aromatic heterocycles. The zero-order chi connectivity index (χ0) is 13.2. The number of morpholine rings is 1. The topological polar surface area (TPSA) is 50.8 Å². The van der Waals surface area contributed by atoms with E-state index in [0.29, 0.717) is 6.04 Å². The lowest BCUT2D eigenvalue weighted by Crippen LogP contribution is -2.48. The maximum Gasteiger partial charge on any atom is 0.410 e. The van der Waals surface area contributed by atoms with Crippen molar-refractivity contribution >= 4 is 6.09 Å². The summed E-state index contributed by atoms with van der Waals surface area (Å²) in [5.41, 5.74) is -0.426. The van der Waals surface area contributed by atoms with Crippen molar-refractivity contribution in [3.8, 4) is 0 Å². The molecule has 2 aliphatic heterocycles. The van der Waals surface area contributed by atoms with E-state index in [1.165, 1.54) is 0 Å². The Morgan fingerprint density at radius 1 is 1.33 bits per heavy atom. The molecule has 0 aromatic rings. The third-order valence-corrected chi connectivity index (χ3v) is 3.33. The van der Waals surface area contributed by atoms with Crippen molar-refractivity contribution in [2.75, 3.05) is 26.2 Å². The van der Waals surface area contributed by atoms with Crippen LogP contribution in [-0.4, -0.2) is 55.0 Å². The van der Waals surface area contributed by atoms with Gasteiger partial charge in [0.25, 0.3) is 0 Å². The fourth-order valence-electron chi connectivity index (χ4n) is 2.47. The molecular weight excluding hydrogens is 232 g/mol. The first kappa shape index (κ1) is 13.6. The van der Waals surface area contributed by atoms with Crippen molar-refractivity contribution in [1.82, 2.24) is 10.2 Å². The van der Waals surface area contributed by atoms with Crippen LogP contribution in [0.1, 0.15) is 33.6 Å². The molecule has 2 aliphatic rings. The molecule has 0 saturated carbocycles. The van der Waals surface area contributed by atoms with E-state index in [-0.39, 0.29) is 12.2 Å². The van der Waals surface area contributed by atoms with Crippen LogP contribution >= 0.6 is 0 Å². The van der Waals surface area contributed by atoms with Gasteiger partial charge in [-0.15, -0.1) is 0 Å². The van der Waals surface area contributed by atoms with Gasteiger partial charge in [-0.1, -0.05) is 0 Å². The van der Waals surface area contributed by atoms with Gasteiger partial charge in [0.2, 0.25) is 0 Å². The summed E-state index contributed by atoms with van der Waals surface area (Å²) >= 11 is 0. The Labute approximate surface area is 109 Å². The van der Waals surface area contributed by atoms with Gasteiger partial charge in [0, 0.05) is 25.7 Å². The van der Waals surface area contributed by atoms with Gasteiger partial charge in [-0.25, -0.2) is 4.79 Å². The van der Waals surface area contributed by atoms with Crippen LogP contribution in [0.2, 0.25) is 0 Å². The highest BCUT2D eigenvalue weighted by Crippen LogP contribution is 2.19. The van der Waals surface area contributed by atoms with Gasteiger partial charge in [0.15, 0.2) is 0 Å². The summed E-state index contributed by atoms with van der Waals surface area (Å²) in [7, 11) is 0. The molecule has 0 spiro atoms. The highest BCUT2D eigenvalue weighted by Gasteiger charge is 2.32. The monoisotopic (exact) mass is 256 g/mol. The normalized spacial score (nSPS) is 29.4. The summed E-state index contributed by atoms with van der Waals surface area (Å²) in [6.45, 7) is 8.83. The minimum Gasteiger partial charge on any atom is -0.444 e. The molecule has 0 bridgehead atoms. The molecule has 18 heavy (non-hydrogen) atoms.